The third kappa shape index (κ3) is 3.98. The number of anilines is 1. The second kappa shape index (κ2) is 8.12. The van der Waals surface area contributed by atoms with Crippen molar-refractivity contribution < 1.29 is 19.2 Å². The van der Waals surface area contributed by atoms with Crippen LogP contribution in [0.25, 0.3) is 0 Å². The van der Waals surface area contributed by atoms with Crippen molar-refractivity contribution in [2.75, 3.05) is 32.1 Å². The molecule has 0 radical (unpaired) electrons. The van der Waals surface area contributed by atoms with Gasteiger partial charge in [0.15, 0.2) is 6.54 Å². The molecular weight excluding hydrogens is 324 g/mol. The Morgan fingerprint density at radius 2 is 1.79 bits per heavy atom. The number of likely N-dealkylation sites (tertiary alicyclic amines) is 1. The number of quaternary nitrogens is 1. The molecule has 0 aromatic carbocycles. The van der Waals surface area contributed by atoms with E-state index in [9.17, 15) is 9.59 Å². The number of rotatable bonds is 4. The van der Waals surface area contributed by atoms with Gasteiger partial charge in [0, 0.05) is 4.88 Å². The third-order valence-corrected chi connectivity index (χ3v) is 6.24. The van der Waals surface area contributed by atoms with E-state index in [-0.39, 0.29) is 11.9 Å². The highest BCUT2D eigenvalue weighted by Crippen LogP contribution is 2.37. The van der Waals surface area contributed by atoms with Crippen molar-refractivity contribution in [3.63, 3.8) is 0 Å². The highest BCUT2D eigenvalue weighted by molar-refractivity contribution is 7.17. The Bertz CT molecular complexity index is 606. The predicted molar refractivity (Wildman–Crippen MR) is 95.0 cm³/mol. The van der Waals surface area contributed by atoms with Crippen LogP contribution in [-0.2, 0) is 22.4 Å². The van der Waals surface area contributed by atoms with Crippen molar-refractivity contribution in [3.8, 4) is 0 Å². The van der Waals surface area contributed by atoms with Crippen LogP contribution < -0.4 is 10.2 Å². The number of fused-ring (bicyclic) bond motifs is 1. The maximum Gasteiger partial charge on any atom is 0.341 e. The third-order valence-electron chi connectivity index (χ3n) is 5.03. The maximum atomic E-state index is 12.4. The highest BCUT2D eigenvalue weighted by Gasteiger charge is 2.27. The van der Waals surface area contributed by atoms with Crippen molar-refractivity contribution in [1.29, 1.82) is 0 Å². The number of nitrogens with one attached hydrogen (secondary N) is 2. The van der Waals surface area contributed by atoms with Crippen molar-refractivity contribution in [2.45, 2.75) is 51.4 Å². The molecular formula is C18H27N2O3S+. The van der Waals surface area contributed by atoms with Gasteiger partial charge in [0.2, 0.25) is 0 Å². The van der Waals surface area contributed by atoms with E-state index in [1.165, 1.54) is 42.6 Å². The van der Waals surface area contributed by atoms with E-state index in [0.717, 1.165) is 44.3 Å². The Morgan fingerprint density at radius 1 is 1.08 bits per heavy atom. The average molecular weight is 351 g/mol. The molecule has 2 aliphatic rings. The maximum absolute atomic E-state index is 12.4. The number of hydrogen-bond acceptors (Lipinski definition) is 4. The zero-order valence-corrected chi connectivity index (χ0v) is 15.2. The van der Waals surface area contributed by atoms with Gasteiger partial charge < -0.3 is 15.0 Å². The first-order valence-electron chi connectivity index (χ1n) is 9.05. The molecule has 2 N–H and O–H groups in total. The second-order valence-corrected chi connectivity index (χ2v) is 7.90. The molecule has 1 aromatic heterocycles. The fourth-order valence-corrected chi connectivity index (χ4v) is 5.07. The molecule has 0 saturated carbocycles. The van der Waals surface area contributed by atoms with Crippen molar-refractivity contribution in [1.82, 2.24) is 0 Å². The highest BCUT2D eigenvalue weighted by atomic mass is 32.1. The van der Waals surface area contributed by atoms with Gasteiger partial charge in [0.05, 0.1) is 25.8 Å². The van der Waals surface area contributed by atoms with Crippen LogP contribution in [0.5, 0.6) is 0 Å². The first-order chi connectivity index (χ1) is 11.7. The lowest BCUT2D eigenvalue weighted by molar-refractivity contribution is -0.896. The van der Waals surface area contributed by atoms with Crippen LogP contribution in [0.4, 0.5) is 5.00 Å². The summed E-state index contributed by atoms with van der Waals surface area (Å²) in [5, 5.41) is 3.70. The lowest BCUT2D eigenvalue weighted by Crippen LogP contribution is -3.13. The van der Waals surface area contributed by atoms with Crippen LogP contribution in [0.1, 0.15) is 59.3 Å². The minimum Gasteiger partial charge on any atom is -0.465 e. The number of thiophene rings is 1. The molecule has 0 unspecified atom stereocenters. The summed E-state index contributed by atoms with van der Waals surface area (Å²) in [6.07, 6.45) is 9.02. The van der Waals surface area contributed by atoms with Crippen molar-refractivity contribution in [2.24, 2.45) is 0 Å². The Morgan fingerprint density at radius 3 is 2.54 bits per heavy atom. The monoisotopic (exact) mass is 351 g/mol. The summed E-state index contributed by atoms with van der Waals surface area (Å²) in [5.74, 6) is -0.316. The van der Waals surface area contributed by atoms with Crippen LogP contribution in [-0.4, -0.2) is 38.6 Å². The molecule has 1 saturated heterocycles. The molecule has 1 amide bonds. The zero-order valence-electron chi connectivity index (χ0n) is 14.4. The van der Waals surface area contributed by atoms with Crippen molar-refractivity contribution >= 4 is 28.2 Å². The Balaban J connectivity index is 1.76. The molecule has 6 heteroatoms. The number of amides is 1. The van der Waals surface area contributed by atoms with Gasteiger partial charge in [-0.1, -0.05) is 6.42 Å². The smallest absolute Gasteiger partial charge is 0.341 e. The van der Waals surface area contributed by atoms with Crippen LogP contribution in [0.2, 0.25) is 0 Å². The molecule has 1 fully saturated rings. The number of aryl methyl sites for hydroxylation is 1. The van der Waals surface area contributed by atoms with Gasteiger partial charge in [-0.05, 0) is 50.5 Å². The number of piperidine rings is 1. The first kappa shape index (κ1) is 17.4. The number of carbonyl (C=O) groups is 2. The Labute approximate surface area is 147 Å². The molecule has 1 aliphatic heterocycles. The number of methoxy groups -OCH3 is 1. The summed E-state index contributed by atoms with van der Waals surface area (Å²) < 4.78 is 4.98. The standard InChI is InChI=1S/C18H26N2O3S/c1-23-18(22)16-13-8-4-2-5-9-14(13)24-17(16)19-15(21)12-20-10-6-3-7-11-20/h2-12H2,1H3,(H,19,21)/p+1. The molecule has 24 heavy (non-hydrogen) atoms. The zero-order chi connectivity index (χ0) is 16.9. The summed E-state index contributed by atoms with van der Waals surface area (Å²) in [7, 11) is 1.41. The lowest BCUT2D eigenvalue weighted by atomic mass is 10.1. The topological polar surface area (TPSA) is 59.8 Å². The minimum atomic E-state index is -0.324. The van der Waals surface area contributed by atoms with Crippen LogP contribution in [0.3, 0.4) is 0 Å². The second-order valence-electron chi connectivity index (χ2n) is 6.80. The molecule has 0 bridgehead atoms. The summed E-state index contributed by atoms with van der Waals surface area (Å²) in [6.45, 7) is 2.62. The Kier molecular flexibility index (Phi) is 5.89. The normalized spacial score (nSPS) is 18.5. The first-order valence-corrected chi connectivity index (χ1v) is 9.87. The molecule has 132 valence electrons. The summed E-state index contributed by atoms with van der Waals surface area (Å²) in [4.78, 5) is 27.3. The average Bonchev–Trinajstić information content (AvgIpc) is 2.76. The van der Waals surface area contributed by atoms with Gasteiger partial charge in [0.25, 0.3) is 5.91 Å². The molecule has 3 rings (SSSR count). The minimum absolute atomic E-state index is 0.00784. The van der Waals surface area contributed by atoms with E-state index in [4.69, 9.17) is 4.74 Å². The van der Waals surface area contributed by atoms with E-state index in [2.05, 4.69) is 5.32 Å². The van der Waals surface area contributed by atoms with Gasteiger partial charge in [-0.2, -0.15) is 0 Å². The van der Waals surface area contributed by atoms with Gasteiger partial charge in [-0.3, -0.25) is 4.79 Å². The molecule has 0 atom stereocenters. The van der Waals surface area contributed by atoms with E-state index >= 15 is 0 Å². The largest absolute Gasteiger partial charge is 0.465 e. The predicted octanol–water partition coefficient (Wildman–Crippen LogP) is 1.81. The van der Waals surface area contributed by atoms with E-state index in [1.807, 2.05) is 0 Å². The number of carbonyl (C=O) groups excluding carboxylic acids is 2. The van der Waals surface area contributed by atoms with Gasteiger partial charge >= 0.3 is 5.97 Å². The molecule has 1 aromatic rings. The van der Waals surface area contributed by atoms with Gasteiger partial charge in [-0.15, -0.1) is 11.3 Å². The summed E-state index contributed by atoms with van der Waals surface area (Å²) in [5.41, 5.74) is 1.70. The molecule has 0 spiro atoms. The van der Waals surface area contributed by atoms with Gasteiger partial charge in [-0.25, -0.2) is 4.79 Å². The number of ether oxygens (including phenoxy) is 1. The number of esters is 1. The Hall–Kier alpha value is -1.40. The van der Waals surface area contributed by atoms with Gasteiger partial charge in [0.1, 0.15) is 5.00 Å². The van der Waals surface area contributed by atoms with E-state index < -0.39 is 0 Å². The van der Waals surface area contributed by atoms with Crippen molar-refractivity contribution in [3.05, 3.63) is 16.0 Å². The van der Waals surface area contributed by atoms with E-state index in [0.29, 0.717) is 17.1 Å². The SMILES string of the molecule is COC(=O)c1c(NC(=O)C[NH+]2CCCCC2)sc2c1CCCCC2. The summed E-state index contributed by atoms with van der Waals surface area (Å²) in [6, 6.07) is 0. The fourth-order valence-electron chi connectivity index (χ4n) is 3.78. The lowest BCUT2D eigenvalue weighted by Gasteiger charge is -2.22. The van der Waals surface area contributed by atoms with Crippen LogP contribution in [0, 0.1) is 0 Å². The number of hydrogen-bond donors (Lipinski definition) is 2. The van der Waals surface area contributed by atoms with E-state index in [1.54, 1.807) is 11.3 Å². The molecule has 5 nitrogen and oxygen atoms in total. The molecule has 2 heterocycles. The van der Waals surface area contributed by atoms with Crippen LogP contribution >= 0.6 is 11.3 Å². The molecule has 1 aliphatic carbocycles. The summed E-state index contributed by atoms with van der Waals surface area (Å²) >= 11 is 1.57. The fraction of sp³-hybridized carbons (Fsp3) is 0.667. The van der Waals surface area contributed by atoms with Crippen LogP contribution in [0.15, 0.2) is 0 Å². The quantitative estimate of drug-likeness (QED) is 0.642.